The van der Waals surface area contributed by atoms with E-state index in [0.29, 0.717) is 25.1 Å². The maximum absolute atomic E-state index is 13.8. The number of ether oxygens (including phenoxy) is 1. The summed E-state index contributed by atoms with van der Waals surface area (Å²) in [5, 5.41) is 15.9. The molecular weight excluding hydrogens is 575 g/mol. The summed E-state index contributed by atoms with van der Waals surface area (Å²) in [6.07, 6.45) is 2.07. The van der Waals surface area contributed by atoms with E-state index in [1.165, 1.54) is 49.1 Å². The van der Waals surface area contributed by atoms with Gasteiger partial charge >= 0.3 is 6.09 Å². The fourth-order valence-electron chi connectivity index (χ4n) is 6.43. The van der Waals surface area contributed by atoms with Gasteiger partial charge in [-0.1, -0.05) is 42.0 Å². The molecule has 9 nitrogen and oxygen atoms in total. The molecule has 0 saturated carbocycles. The van der Waals surface area contributed by atoms with E-state index in [9.17, 15) is 23.9 Å². The van der Waals surface area contributed by atoms with Gasteiger partial charge in [0.1, 0.15) is 17.9 Å². The highest BCUT2D eigenvalue weighted by atomic mass is 19.1. The van der Waals surface area contributed by atoms with Gasteiger partial charge in [0.2, 0.25) is 11.8 Å². The SMILES string of the molecule is COC(=O)N[C@H](C(=O)N1CCC[C@H]1C(=O)Nc1ccc([C@@H]2CC[C@@H](c3ccc(C)cc3)N2c2ccc(F)cc2)cc1)C(C)(C)O. The lowest BCUT2D eigenvalue weighted by atomic mass is 9.97. The third-order valence-corrected chi connectivity index (χ3v) is 8.77. The first kappa shape index (κ1) is 32.0. The van der Waals surface area contributed by atoms with Crippen molar-refractivity contribution in [2.24, 2.45) is 0 Å². The zero-order valence-corrected chi connectivity index (χ0v) is 26.1. The van der Waals surface area contributed by atoms with Crippen molar-refractivity contribution in [2.75, 3.05) is 23.9 Å². The minimum Gasteiger partial charge on any atom is -0.453 e. The Bertz CT molecular complexity index is 1500. The molecule has 238 valence electrons. The van der Waals surface area contributed by atoms with Crippen LogP contribution in [0.3, 0.4) is 0 Å². The number of nitrogens with zero attached hydrogens (tertiary/aromatic N) is 2. The van der Waals surface area contributed by atoms with E-state index < -0.39 is 29.7 Å². The normalized spacial score (nSPS) is 20.5. The number of aryl methyl sites for hydroxylation is 1. The van der Waals surface area contributed by atoms with E-state index in [1.807, 2.05) is 36.4 Å². The largest absolute Gasteiger partial charge is 0.453 e. The number of rotatable bonds is 8. The Hall–Kier alpha value is -4.44. The molecule has 4 atom stereocenters. The zero-order valence-electron chi connectivity index (χ0n) is 26.1. The summed E-state index contributed by atoms with van der Waals surface area (Å²) in [5.74, 6) is -1.17. The lowest BCUT2D eigenvalue weighted by Crippen LogP contribution is -2.60. The number of nitrogens with one attached hydrogen (secondary N) is 2. The second kappa shape index (κ2) is 13.3. The molecule has 10 heteroatoms. The van der Waals surface area contributed by atoms with Crippen molar-refractivity contribution < 1.29 is 28.6 Å². The molecule has 45 heavy (non-hydrogen) atoms. The average Bonchev–Trinajstić information content (AvgIpc) is 3.69. The van der Waals surface area contributed by atoms with Gasteiger partial charge < -0.3 is 30.3 Å². The van der Waals surface area contributed by atoms with E-state index in [0.717, 1.165) is 24.1 Å². The van der Waals surface area contributed by atoms with Crippen LogP contribution in [0, 0.1) is 12.7 Å². The molecule has 2 fully saturated rings. The molecule has 0 aromatic heterocycles. The van der Waals surface area contributed by atoms with Gasteiger partial charge in [-0.3, -0.25) is 9.59 Å². The molecule has 0 bridgehead atoms. The van der Waals surface area contributed by atoms with Gasteiger partial charge in [0.15, 0.2) is 0 Å². The van der Waals surface area contributed by atoms with Crippen LogP contribution in [0.15, 0.2) is 72.8 Å². The van der Waals surface area contributed by atoms with Crippen LogP contribution in [-0.2, 0) is 14.3 Å². The summed E-state index contributed by atoms with van der Waals surface area (Å²) >= 11 is 0. The highest BCUT2D eigenvalue weighted by Crippen LogP contribution is 2.47. The number of benzene rings is 3. The maximum atomic E-state index is 13.8. The van der Waals surface area contributed by atoms with Gasteiger partial charge in [-0.05, 0) is 94.0 Å². The molecule has 0 radical (unpaired) electrons. The molecule has 3 N–H and O–H groups in total. The number of aliphatic hydroxyl groups is 1. The topological polar surface area (TPSA) is 111 Å². The van der Waals surface area contributed by atoms with Gasteiger partial charge in [0.05, 0.1) is 24.8 Å². The average molecular weight is 617 g/mol. The van der Waals surface area contributed by atoms with Gasteiger partial charge in [0.25, 0.3) is 0 Å². The van der Waals surface area contributed by atoms with E-state index in [1.54, 1.807) is 0 Å². The Morgan fingerprint density at radius 2 is 1.49 bits per heavy atom. The number of carbonyl (C=O) groups excluding carboxylic acids is 3. The number of alkyl carbamates (subject to hydrolysis) is 1. The molecule has 0 aliphatic carbocycles. The van der Waals surface area contributed by atoms with E-state index in [4.69, 9.17) is 0 Å². The monoisotopic (exact) mass is 616 g/mol. The Morgan fingerprint density at radius 3 is 2.04 bits per heavy atom. The van der Waals surface area contributed by atoms with Crippen LogP contribution in [0.25, 0.3) is 0 Å². The molecule has 0 spiro atoms. The van der Waals surface area contributed by atoms with Crippen LogP contribution < -0.4 is 15.5 Å². The number of methoxy groups -OCH3 is 1. The van der Waals surface area contributed by atoms with Crippen molar-refractivity contribution in [3.05, 3.63) is 95.3 Å². The second-order valence-corrected chi connectivity index (χ2v) is 12.4. The van der Waals surface area contributed by atoms with Gasteiger partial charge in [-0.25, -0.2) is 9.18 Å². The smallest absolute Gasteiger partial charge is 0.407 e. The standard InChI is InChI=1S/C35H41FN4O5/c1-22-7-9-23(10-8-22)28-19-20-29(40(28)27-17-13-25(36)14-18-27)24-11-15-26(16-12-24)37-32(41)30-6-5-21-39(30)33(42)31(35(2,3)44)38-34(43)45-4/h7-18,28-31,44H,5-6,19-21H2,1-4H3,(H,37,41)(H,38,43)/t28-,29-,30-,31+/m0/s1. The number of amides is 3. The summed E-state index contributed by atoms with van der Waals surface area (Å²) in [4.78, 5) is 42.4. The molecule has 2 saturated heterocycles. The summed E-state index contributed by atoms with van der Waals surface area (Å²) < 4.78 is 18.5. The van der Waals surface area contributed by atoms with Crippen LogP contribution in [0.2, 0.25) is 0 Å². The highest BCUT2D eigenvalue weighted by molar-refractivity contribution is 5.99. The Morgan fingerprint density at radius 1 is 0.911 bits per heavy atom. The Balaban J connectivity index is 1.32. The van der Waals surface area contributed by atoms with Gasteiger partial charge in [0, 0.05) is 17.9 Å². The van der Waals surface area contributed by atoms with E-state index in [-0.39, 0.29) is 23.8 Å². The summed E-state index contributed by atoms with van der Waals surface area (Å²) in [5.41, 5.74) is 3.44. The maximum Gasteiger partial charge on any atom is 0.407 e. The van der Waals surface area contributed by atoms with Gasteiger partial charge in [-0.15, -0.1) is 0 Å². The number of hydrogen-bond donors (Lipinski definition) is 3. The second-order valence-electron chi connectivity index (χ2n) is 12.4. The van der Waals surface area contributed by atoms with Crippen LogP contribution >= 0.6 is 0 Å². The van der Waals surface area contributed by atoms with E-state index >= 15 is 0 Å². The fourth-order valence-corrected chi connectivity index (χ4v) is 6.43. The first-order valence-electron chi connectivity index (χ1n) is 15.3. The van der Waals surface area contributed by atoms with Crippen molar-refractivity contribution >= 4 is 29.3 Å². The first-order chi connectivity index (χ1) is 21.5. The summed E-state index contributed by atoms with van der Waals surface area (Å²) in [7, 11) is 1.17. The predicted molar refractivity (Wildman–Crippen MR) is 170 cm³/mol. The number of hydrogen-bond acceptors (Lipinski definition) is 6. The van der Waals surface area contributed by atoms with E-state index in [2.05, 4.69) is 51.5 Å². The quantitative estimate of drug-likeness (QED) is 0.302. The van der Waals surface area contributed by atoms with Crippen molar-refractivity contribution in [1.82, 2.24) is 10.2 Å². The number of halogens is 1. The minimum absolute atomic E-state index is 0.0514. The summed E-state index contributed by atoms with van der Waals surface area (Å²) in [6, 6.07) is 21.0. The minimum atomic E-state index is -1.58. The molecule has 3 aromatic carbocycles. The number of likely N-dealkylation sites (tertiary alicyclic amines) is 1. The lowest BCUT2D eigenvalue weighted by molar-refractivity contribution is -0.143. The lowest BCUT2D eigenvalue weighted by Gasteiger charge is -2.34. The van der Waals surface area contributed by atoms with Crippen molar-refractivity contribution in [3.8, 4) is 0 Å². The van der Waals surface area contributed by atoms with Crippen molar-refractivity contribution in [3.63, 3.8) is 0 Å². The molecule has 2 heterocycles. The third kappa shape index (κ3) is 7.12. The molecule has 5 rings (SSSR count). The molecular formula is C35H41FN4O5. The number of anilines is 2. The third-order valence-electron chi connectivity index (χ3n) is 8.77. The van der Waals surface area contributed by atoms with Crippen LogP contribution in [0.1, 0.15) is 68.3 Å². The van der Waals surface area contributed by atoms with Crippen molar-refractivity contribution in [2.45, 2.75) is 76.2 Å². The first-order valence-corrected chi connectivity index (χ1v) is 15.3. The molecule has 3 aromatic rings. The Kier molecular flexibility index (Phi) is 9.43. The van der Waals surface area contributed by atoms with Crippen LogP contribution in [0.5, 0.6) is 0 Å². The molecule has 2 aliphatic rings. The van der Waals surface area contributed by atoms with Crippen LogP contribution in [-0.4, -0.2) is 59.3 Å². The fraction of sp³-hybridized carbons (Fsp3) is 0.400. The molecule has 0 unspecified atom stereocenters. The highest BCUT2D eigenvalue weighted by Gasteiger charge is 2.43. The van der Waals surface area contributed by atoms with Gasteiger partial charge in [-0.2, -0.15) is 0 Å². The summed E-state index contributed by atoms with van der Waals surface area (Å²) in [6.45, 7) is 5.23. The zero-order chi connectivity index (χ0) is 32.3. The predicted octanol–water partition coefficient (Wildman–Crippen LogP) is 5.64. The Labute approximate surface area is 263 Å². The molecule has 2 aliphatic heterocycles. The molecule has 3 amide bonds. The van der Waals surface area contributed by atoms with Crippen molar-refractivity contribution in [1.29, 1.82) is 0 Å². The number of carbonyl (C=O) groups is 3. The van der Waals surface area contributed by atoms with Crippen LogP contribution in [0.4, 0.5) is 20.6 Å².